The van der Waals surface area contributed by atoms with E-state index in [2.05, 4.69) is 4.98 Å². The Bertz CT molecular complexity index is 931. The van der Waals surface area contributed by atoms with E-state index < -0.39 is 37.3 Å². The number of alkyl halides is 3. The van der Waals surface area contributed by atoms with Crippen molar-refractivity contribution in [2.24, 2.45) is 0 Å². The molecule has 6 nitrogen and oxygen atoms in total. The Labute approximate surface area is 157 Å². The van der Waals surface area contributed by atoms with E-state index in [1.165, 1.54) is 44.4 Å². The smallest absolute Gasteiger partial charge is 0.578 e. The van der Waals surface area contributed by atoms with Crippen LogP contribution in [-0.4, -0.2) is 42.2 Å². The maximum atomic E-state index is 12.7. The van der Waals surface area contributed by atoms with E-state index in [9.17, 15) is 30.9 Å². The van der Waals surface area contributed by atoms with Crippen molar-refractivity contribution in [3.05, 3.63) is 48.3 Å². The van der Waals surface area contributed by atoms with Crippen LogP contribution in [0.2, 0.25) is 0 Å². The van der Waals surface area contributed by atoms with E-state index in [0.717, 1.165) is 17.0 Å². The second-order valence-electron chi connectivity index (χ2n) is 5.33. The van der Waals surface area contributed by atoms with E-state index in [1.807, 2.05) is 0 Å². The highest BCUT2D eigenvalue weighted by Crippen LogP contribution is 2.31. The number of benzene rings is 1. The fourth-order valence-electron chi connectivity index (χ4n) is 2.16. The SMILES string of the molecule is CCS(=O)(=O)c1cccnc1C(=O)N(C)c1ccc([S+]([O-])C(F)(F)F)cc1. The van der Waals surface area contributed by atoms with Gasteiger partial charge in [-0.25, -0.2) is 13.4 Å². The van der Waals surface area contributed by atoms with Gasteiger partial charge in [-0.2, -0.15) is 0 Å². The maximum Gasteiger partial charge on any atom is 0.578 e. The van der Waals surface area contributed by atoms with Crippen molar-refractivity contribution in [2.45, 2.75) is 22.2 Å². The number of amides is 1. The number of halogens is 3. The number of pyridine rings is 1. The molecule has 11 heteroatoms. The lowest BCUT2D eigenvalue weighted by molar-refractivity contribution is -0.0435. The highest BCUT2D eigenvalue weighted by molar-refractivity contribution is 7.92. The molecule has 0 fully saturated rings. The minimum absolute atomic E-state index is 0.188. The van der Waals surface area contributed by atoms with Crippen LogP contribution in [0.5, 0.6) is 0 Å². The topological polar surface area (TPSA) is 90.4 Å². The highest BCUT2D eigenvalue weighted by atomic mass is 32.2. The van der Waals surface area contributed by atoms with Gasteiger partial charge in [-0.15, -0.1) is 13.2 Å². The van der Waals surface area contributed by atoms with Crippen molar-refractivity contribution in [1.29, 1.82) is 0 Å². The average Bonchev–Trinajstić information content (AvgIpc) is 2.65. The molecule has 0 N–H and O–H groups in total. The summed E-state index contributed by atoms with van der Waals surface area (Å²) >= 11 is -3.18. The van der Waals surface area contributed by atoms with Gasteiger partial charge in [0.2, 0.25) is 0 Å². The zero-order valence-electron chi connectivity index (χ0n) is 14.2. The Hall–Kier alpha value is -2.11. The Morgan fingerprint density at radius 2 is 1.81 bits per heavy atom. The molecule has 1 unspecified atom stereocenters. The summed E-state index contributed by atoms with van der Waals surface area (Å²) in [5.74, 6) is -0.965. The van der Waals surface area contributed by atoms with Gasteiger partial charge in [-0.1, -0.05) is 6.92 Å². The summed E-state index contributed by atoms with van der Waals surface area (Å²) in [7, 11) is -2.37. The van der Waals surface area contributed by atoms with Gasteiger partial charge >= 0.3 is 5.51 Å². The largest absolute Gasteiger partial charge is 0.604 e. The Kier molecular flexibility index (Phi) is 6.17. The zero-order valence-corrected chi connectivity index (χ0v) is 15.9. The molecule has 1 heterocycles. The number of nitrogens with zero attached hydrogens (tertiary/aromatic N) is 2. The molecule has 1 atom stereocenters. The summed E-state index contributed by atoms with van der Waals surface area (Å²) in [5, 5.41) is 0. The summed E-state index contributed by atoms with van der Waals surface area (Å²) in [6.45, 7) is 1.43. The van der Waals surface area contributed by atoms with Crippen LogP contribution in [0.3, 0.4) is 0 Å². The molecule has 1 aromatic heterocycles. The number of anilines is 1. The molecule has 146 valence electrons. The first-order valence-electron chi connectivity index (χ1n) is 7.53. The van der Waals surface area contributed by atoms with Crippen molar-refractivity contribution in [1.82, 2.24) is 4.98 Å². The third-order valence-electron chi connectivity index (χ3n) is 3.64. The third-order valence-corrected chi connectivity index (χ3v) is 6.52. The monoisotopic (exact) mass is 420 g/mol. The lowest BCUT2D eigenvalue weighted by atomic mass is 10.2. The first kappa shape index (κ1) is 21.2. The number of carbonyl (C=O) groups excluding carboxylic acids is 1. The molecule has 0 saturated heterocycles. The highest BCUT2D eigenvalue weighted by Gasteiger charge is 2.46. The number of sulfone groups is 1. The molecule has 0 bridgehead atoms. The predicted octanol–water partition coefficient (Wildman–Crippen LogP) is 2.78. The fourth-order valence-corrected chi connectivity index (χ4v) is 3.84. The van der Waals surface area contributed by atoms with E-state index in [4.69, 9.17) is 0 Å². The molecule has 2 aromatic rings. The second-order valence-corrected chi connectivity index (χ2v) is 9.04. The number of hydrogen-bond donors (Lipinski definition) is 0. The second kappa shape index (κ2) is 7.87. The molecule has 0 aliphatic heterocycles. The summed E-state index contributed by atoms with van der Waals surface area (Å²) in [6.07, 6.45) is 1.27. The molecule has 0 aliphatic carbocycles. The van der Waals surface area contributed by atoms with Gasteiger partial charge in [0.25, 0.3) is 5.91 Å². The maximum absolute atomic E-state index is 12.7. The normalized spacial score (nSPS) is 13.3. The molecule has 2 rings (SSSR count). The van der Waals surface area contributed by atoms with Crippen LogP contribution >= 0.6 is 0 Å². The van der Waals surface area contributed by atoms with E-state index in [0.29, 0.717) is 0 Å². The minimum Gasteiger partial charge on any atom is -0.604 e. The number of rotatable bonds is 5. The van der Waals surface area contributed by atoms with Gasteiger partial charge in [0.05, 0.1) is 21.8 Å². The van der Waals surface area contributed by atoms with Crippen LogP contribution in [0, 0.1) is 0 Å². The van der Waals surface area contributed by atoms with E-state index in [-0.39, 0.29) is 22.0 Å². The van der Waals surface area contributed by atoms with Gasteiger partial charge < -0.3 is 9.45 Å². The van der Waals surface area contributed by atoms with Crippen molar-refractivity contribution in [3.63, 3.8) is 0 Å². The predicted molar refractivity (Wildman–Crippen MR) is 93.6 cm³/mol. The van der Waals surface area contributed by atoms with E-state index >= 15 is 0 Å². The quantitative estimate of drug-likeness (QED) is 0.694. The molecule has 0 spiro atoms. The molecule has 0 radical (unpaired) electrons. The number of hydrogen-bond acceptors (Lipinski definition) is 5. The fraction of sp³-hybridized carbons (Fsp3) is 0.250. The Balaban J connectivity index is 2.34. The third kappa shape index (κ3) is 4.60. The first-order valence-corrected chi connectivity index (χ1v) is 10.3. The van der Waals surface area contributed by atoms with Gasteiger partial charge in [0.15, 0.2) is 14.7 Å². The van der Waals surface area contributed by atoms with Gasteiger partial charge in [0.1, 0.15) is 5.69 Å². The van der Waals surface area contributed by atoms with Crippen LogP contribution in [0.1, 0.15) is 17.4 Å². The van der Waals surface area contributed by atoms with Gasteiger partial charge in [0, 0.05) is 18.9 Å². The van der Waals surface area contributed by atoms with Crippen molar-refractivity contribution < 1.29 is 30.9 Å². The molecule has 0 aliphatic rings. The van der Waals surface area contributed by atoms with Crippen LogP contribution < -0.4 is 4.90 Å². The van der Waals surface area contributed by atoms with E-state index in [1.54, 1.807) is 0 Å². The summed E-state index contributed by atoms with van der Waals surface area (Å²) < 4.78 is 73.1. The van der Waals surface area contributed by atoms with Gasteiger partial charge in [-0.3, -0.25) is 4.79 Å². The molecular formula is C16H15F3N2O4S2. The molecule has 1 amide bonds. The minimum atomic E-state index is -4.89. The lowest BCUT2D eigenvalue weighted by Gasteiger charge is -2.19. The van der Waals surface area contributed by atoms with Crippen LogP contribution in [0.25, 0.3) is 0 Å². The zero-order chi connectivity index (χ0) is 20.4. The molecule has 27 heavy (non-hydrogen) atoms. The molecular weight excluding hydrogens is 405 g/mol. The van der Waals surface area contributed by atoms with Crippen molar-refractivity contribution in [2.75, 3.05) is 17.7 Å². The van der Waals surface area contributed by atoms with Crippen LogP contribution in [0.4, 0.5) is 18.9 Å². The molecule has 0 saturated carbocycles. The van der Waals surface area contributed by atoms with Crippen LogP contribution in [0.15, 0.2) is 52.4 Å². The molecule has 1 aromatic carbocycles. The van der Waals surface area contributed by atoms with Crippen molar-refractivity contribution in [3.8, 4) is 0 Å². The average molecular weight is 420 g/mol. The summed E-state index contributed by atoms with van der Waals surface area (Å²) in [4.78, 5) is 16.9. The summed E-state index contributed by atoms with van der Waals surface area (Å²) in [5.41, 5.74) is -4.99. The van der Waals surface area contributed by atoms with Crippen LogP contribution in [-0.2, 0) is 21.0 Å². The van der Waals surface area contributed by atoms with Crippen molar-refractivity contribution >= 4 is 32.6 Å². The number of carbonyl (C=O) groups is 1. The number of aromatic nitrogens is 1. The summed E-state index contributed by atoms with van der Waals surface area (Å²) in [6, 6.07) is 7.01. The first-order chi connectivity index (χ1) is 12.5. The van der Waals surface area contributed by atoms with Gasteiger partial charge in [-0.05, 0) is 36.4 Å². The standard InChI is InChI=1S/C16H15F3N2O4S2/c1-3-27(24,25)13-5-4-10-20-14(13)15(22)21(2)11-6-8-12(9-7-11)26(23)16(17,18)19/h4-10H,3H2,1-2H3. The Morgan fingerprint density at radius 3 is 2.33 bits per heavy atom. The Morgan fingerprint density at radius 1 is 1.22 bits per heavy atom. The lowest BCUT2D eigenvalue weighted by Crippen LogP contribution is -2.29.